The van der Waals surface area contributed by atoms with Gasteiger partial charge in [0.05, 0.1) is 11.5 Å². The zero-order valence-corrected chi connectivity index (χ0v) is 11.7. The molecule has 0 aromatic heterocycles. The first-order chi connectivity index (χ1) is 8.49. The van der Waals surface area contributed by atoms with Gasteiger partial charge in [0.1, 0.15) is 0 Å². The molecule has 0 aliphatic heterocycles. The van der Waals surface area contributed by atoms with Gasteiger partial charge in [0.15, 0.2) is 0 Å². The average Bonchev–Trinajstić information content (AvgIpc) is 2.36. The highest BCUT2D eigenvalue weighted by Crippen LogP contribution is 2.13. The Bertz CT molecular complexity index is 471. The molecule has 0 fully saturated rings. The Morgan fingerprint density at radius 3 is 2.72 bits per heavy atom. The van der Waals surface area contributed by atoms with Gasteiger partial charge >= 0.3 is 0 Å². The van der Waals surface area contributed by atoms with Crippen molar-refractivity contribution in [3.05, 3.63) is 29.8 Å². The van der Waals surface area contributed by atoms with Crippen molar-refractivity contribution in [3.8, 4) is 0 Å². The van der Waals surface area contributed by atoms with Gasteiger partial charge in [-0.2, -0.15) is 0 Å². The fraction of sp³-hybridized carbons (Fsp3) is 0.538. The van der Waals surface area contributed by atoms with E-state index in [4.69, 9.17) is 5.11 Å². The predicted octanol–water partition coefficient (Wildman–Crippen LogP) is 2.04. The largest absolute Gasteiger partial charge is 0.392 e. The summed E-state index contributed by atoms with van der Waals surface area (Å²) in [5, 5.41) is 9.01. The Balaban J connectivity index is 2.79. The minimum absolute atomic E-state index is 0.0762. The molecule has 4 nitrogen and oxygen atoms in total. The van der Waals surface area contributed by atoms with Crippen LogP contribution >= 0.6 is 0 Å². The van der Waals surface area contributed by atoms with E-state index in [9.17, 15) is 8.42 Å². The van der Waals surface area contributed by atoms with Gasteiger partial charge in [0.25, 0.3) is 0 Å². The maximum absolute atomic E-state index is 12.1. The predicted molar refractivity (Wildman–Crippen MR) is 71.7 cm³/mol. The van der Waals surface area contributed by atoms with Gasteiger partial charge in [0.2, 0.25) is 10.0 Å². The Labute approximate surface area is 109 Å². The van der Waals surface area contributed by atoms with E-state index in [-0.39, 0.29) is 17.5 Å². The topological polar surface area (TPSA) is 66.4 Å². The summed E-state index contributed by atoms with van der Waals surface area (Å²) < 4.78 is 26.8. The molecule has 0 amide bonds. The van der Waals surface area contributed by atoms with Crippen LogP contribution in [0.1, 0.15) is 38.7 Å². The molecule has 1 aromatic carbocycles. The smallest absolute Gasteiger partial charge is 0.240 e. The number of sulfonamides is 1. The lowest BCUT2D eigenvalue weighted by Crippen LogP contribution is -2.32. The van der Waals surface area contributed by atoms with Crippen molar-refractivity contribution in [3.63, 3.8) is 0 Å². The Hall–Kier alpha value is -0.910. The average molecular weight is 271 g/mol. The second-order valence-corrected chi connectivity index (χ2v) is 6.18. The Kier molecular flexibility index (Phi) is 5.78. The van der Waals surface area contributed by atoms with E-state index >= 15 is 0 Å². The summed E-state index contributed by atoms with van der Waals surface area (Å²) >= 11 is 0. The molecule has 2 N–H and O–H groups in total. The standard InChI is InChI=1S/C13H21NO3S/c1-3-4-6-11(2)14-18(16,17)13-8-5-7-12(9-13)10-15/h5,7-9,11,14-15H,3-4,6,10H2,1-2H3. The van der Waals surface area contributed by atoms with Crippen LogP contribution in [0.4, 0.5) is 0 Å². The van der Waals surface area contributed by atoms with Crippen LogP contribution in [0.15, 0.2) is 29.2 Å². The van der Waals surface area contributed by atoms with Gasteiger partial charge < -0.3 is 5.11 Å². The number of unbranched alkanes of at least 4 members (excludes halogenated alkanes) is 1. The molecule has 0 bridgehead atoms. The third-order valence-electron chi connectivity index (χ3n) is 2.74. The maximum Gasteiger partial charge on any atom is 0.240 e. The van der Waals surface area contributed by atoms with Crippen LogP contribution in [-0.2, 0) is 16.6 Å². The summed E-state index contributed by atoms with van der Waals surface area (Å²) in [6.45, 7) is 3.78. The molecule has 0 saturated heterocycles. The number of nitrogens with one attached hydrogen (secondary N) is 1. The molecular formula is C13H21NO3S. The normalized spacial score (nSPS) is 13.5. The molecule has 0 spiro atoms. The summed E-state index contributed by atoms with van der Waals surface area (Å²) in [6.07, 6.45) is 2.88. The highest BCUT2D eigenvalue weighted by Gasteiger charge is 2.17. The van der Waals surface area contributed by atoms with E-state index < -0.39 is 10.0 Å². The highest BCUT2D eigenvalue weighted by atomic mass is 32.2. The summed E-state index contributed by atoms with van der Waals surface area (Å²) in [4.78, 5) is 0.206. The van der Waals surface area contributed by atoms with Crippen molar-refractivity contribution in [2.75, 3.05) is 0 Å². The number of hydrogen-bond donors (Lipinski definition) is 2. The van der Waals surface area contributed by atoms with Crippen LogP contribution in [-0.4, -0.2) is 19.6 Å². The first kappa shape index (κ1) is 15.1. The van der Waals surface area contributed by atoms with Crippen molar-refractivity contribution in [2.45, 2.75) is 50.7 Å². The minimum Gasteiger partial charge on any atom is -0.392 e. The van der Waals surface area contributed by atoms with Crippen molar-refractivity contribution >= 4 is 10.0 Å². The van der Waals surface area contributed by atoms with Gasteiger partial charge in [-0.15, -0.1) is 0 Å². The molecule has 1 rings (SSSR count). The quantitative estimate of drug-likeness (QED) is 0.797. The van der Waals surface area contributed by atoms with Crippen molar-refractivity contribution < 1.29 is 13.5 Å². The summed E-state index contributed by atoms with van der Waals surface area (Å²) in [5.74, 6) is 0. The van der Waals surface area contributed by atoms with E-state index in [1.165, 1.54) is 12.1 Å². The van der Waals surface area contributed by atoms with Crippen molar-refractivity contribution in [1.29, 1.82) is 0 Å². The van der Waals surface area contributed by atoms with E-state index in [2.05, 4.69) is 11.6 Å². The van der Waals surface area contributed by atoms with E-state index in [0.717, 1.165) is 19.3 Å². The Morgan fingerprint density at radius 2 is 2.11 bits per heavy atom. The third kappa shape index (κ3) is 4.40. The molecular weight excluding hydrogens is 250 g/mol. The van der Waals surface area contributed by atoms with E-state index in [0.29, 0.717) is 5.56 Å². The van der Waals surface area contributed by atoms with Crippen LogP contribution in [0, 0.1) is 0 Å². The number of aliphatic hydroxyl groups excluding tert-OH is 1. The molecule has 5 heteroatoms. The van der Waals surface area contributed by atoms with Crippen LogP contribution in [0.3, 0.4) is 0 Å². The maximum atomic E-state index is 12.1. The number of hydrogen-bond acceptors (Lipinski definition) is 3. The minimum atomic E-state index is -3.48. The lowest BCUT2D eigenvalue weighted by Gasteiger charge is -2.14. The third-order valence-corrected chi connectivity index (χ3v) is 4.33. The molecule has 0 saturated carbocycles. The lowest BCUT2D eigenvalue weighted by molar-refractivity contribution is 0.281. The van der Waals surface area contributed by atoms with E-state index in [1.54, 1.807) is 12.1 Å². The first-order valence-corrected chi connectivity index (χ1v) is 7.70. The fourth-order valence-corrected chi connectivity index (χ4v) is 3.06. The number of rotatable bonds is 7. The Morgan fingerprint density at radius 1 is 1.39 bits per heavy atom. The first-order valence-electron chi connectivity index (χ1n) is 6.21. The zero-order valence-electron chi connectivity index (χ0n) is 10.9. The number of aliphatic hydroxyl groups is 1. The second-order valence-electron chi connectivity index (χ2n) is 4.47. The molecule has 0 heterocycles. The van der Waals surface area contributed by atoms with Gasteiger partial charge in [-0.1, -0.05) is 31.9 Å². The molecule has 0 radical (unpaired) electrons. The molecule has 1 aromatic rings. The van der Waals surface area contributed by atoms with Crippen LogP contribution in [0.2, 0.25) is 0 Å². The molecule has 18 heavy (non-hydrogen) atoms. The fourth-order valence-electron chi connectivity index (χ4n) is 1.71. The van der Waals surface area contributed by atoms with Gasteiger partial charge in [-0.25, -0.2) is 13.1 Å². The van der Waals surface area contributed by atoms with Gasteiger partial charge in [-0.3, -0.25) is 0 Å². The SMILES string of the molecule is CCCCC(C)NS(=O)(=O)c1cccc(CO)c1. The molecule has 0 aliphatic rings. The molecule has 1 unspecified atom stereocenters. The monoisotopic (exact) mass is 271 g/mol. The van der Waals surface area contributed by atoms with Crippen LogP contribution in [0.5, 0.6) is 0 Å². The highest BCUT2D eigenvalue weighted by molar-refractivity contribution is 7.89. The molecule has 0 aliphatic carbocycles. The summed E-state index contributed by atoms with van der Waals surface area (Å²) in [7, 11) is -3.48. The lowest BCUT2D eigenvalue weighted by atomic mass is 10.2. The van der Waals surface area contributed by atoms with Gasteiger partial charge in [-0.05, 0) is 31.0 Å². The van der Waals surface area contributed by atoms with Crippen LogP contribution in [0.25, 0.3) is 0 Å². The summed E-state index contributed by atoms with van der Waals surface area (Å²) in [6, 6.07) is 6.28. The van der Waals surface area contributed by atoms with Crippen LogP contribution < -0.4 is 4.72 Å². The molecule has 1 atom stereocenters. The van der Waals surface area contributed by atoms with Crippen molar-refractivity contribution in [1.82, 2.24) is 4.72 Å². The second kappa shape index (κ2) is 6.87. The summed E-state index contributed by atoms with van der Waals surface area (Å²) in [5.41, 5.74) is 0.596. The molecule has 102 valence electrons. The van der Waals surface area contributed by atoms with Gasteiger partial charge in [0, 0.05) is 6.04 Å². The zero-order chi connectivity index (χ0) is 13.6. The van der Waals surface area contributed by atoms with Crippen molar-refractivity contribution in [2.24, 2.45) is 0 Å². The van der Waals surface area contributed by atoms with E-state index in [1.807, 2.05) is 6.92 Å². The number of benzene rings is 1.